The fraction of sp³-hybridized carbons (Fsp3) is 0.857. The smallest absolute Gasteiger partial charge is 0.232 e. The number of rotatable bonds is 3. The maximum absolute atomic E-state index is 11.0. The summed E-state index contributed by atoms with van der Waals surface area (Å²) in [5.41, 5.74) is 0. The number of hydrogen-bond acceptors (Lipinski definition) is 2. The van der Waals surface area contributed by atoms with Crippen LogP contribution < -0.4 is 0 Å². The molecule has 0 aliphatic carbocycles. The molecule has 0 aromatic carbocycles. The van der Waals surface area contributed by atoms with Crippen LogP contribution in [0.2, 0.25) is 0 Å². The van der Waals surface area contributed by atoms with Crippen molar-refractivity contribution in [1.82, 2.24) is 4.90 Å². The second kappa shape index (κ2) is 4.61. The minimum Gasteiger partial charge on any atom is -0.348 e. The lowest BCUT2D eigenvalue weighted by Gasteiger charge is -2.10. The zero-order valence-corrected chi connectivity index (χ0v) is 7.86. The number of nitrogens with zero attached hydrogens (tertiary/aromatic N) is 1. The molecule has 10 heavy (non-hydrogen) atoms. The Morgan fingerprint density at radius 2 is 2.00 bits per heavy atom. The molecule has 0 fully saturated rings. The lowest BCUT2D eigenvalue weighted by molar-refractivity contribution is -0.125. The van der Waals surface area contributed by atoms with Crippen molar-refractivity contribution >= 4 is 17.7 Å². The average molecular weight is 161 g/mol. The van der Waals surface area contributed by atoms with E-state index in [-0.39, 0.29) is 5.91 Å². The number of amides is 1. The van der Waals surface area contributed by atoms with Crippen molar-refractivity contribution in [3.8, 4) is 0 Å². The SMILES string of the molecule is CC(C)SCC(=O)N(C)C. The number of hydrogen-bond donors (Lipinski definition) is 0. The molecule has 0 N–H and O–H groups in total. The van der Waals surface area contributed by atoms with Crippen molar-refractivity contribution in [2.45, 2.75) is 19.1 Å². The summed E-state index contributed by atoms with van der Waals surface area (Å²) in [6.07, 6.45) is 0. The van der Waals surface area contributed by atoms with Gasteiger partial charge in [0.1, 0.15) is 0 Å². The van der Waals surface area contributed by atoms with Crippen molar-refractivity contribution in [3.63, 3.8) is 0 Å². The zero-order valence-electron chi connectivity index (χ0n) is 7.05. The first-order valence-corrected chi connectivity index (χ1v) is 4.40. The molecule has 0 bridgehead atoms. The molecular formula is C7H15NOS. The quantitative estimate of drug-likeness (QED) is 0.620. The molecule has 2 nitrogen and oxygen atoms in total. The van der Waals surface area contributed by atoms with Gasteiger partial charge in [-0.2, -0.15) is 0 Å². The first-order valence-electron chi connectivity index (χ1n) is 3.35. The summed E-state index contributed by atoms with van der Waals surface area (Å²) in [7, 11) is 3.56. The minimum absolute atomic E-state index is 0.193. The van der Waals surface area contributed by atoms with Gasteiger partial charge < -0.3 is 4.90 Å². The van der Waals surface area contributed by atoms with E-state index in [9.17, 15) is 4.79 Å². The molecule has 0 heterocycles. The van der Waals surface area contributed by atoms with Crippen LogP contribution in [0.25, 0.3) is 0 Å². The highest BCUT2D eigenvalue weighted by Gasteiger charge is 2.04. The molecule has 0 rings (SSSR count). The third-order valence-electron chi connectivity index (χ3n) is 1.04. The average Bonchev–Trinajstić information content (AvgIpc) is 1.82. The van der Waals surface area contributed by atoms with Gasteiger partial charge in [-0.05, 0) is 5.25 Å². The molecule has 0 saturated carbocycles. The van der Waals surface area contributed by atoms with E-state index in [4.69, 9.17) is 0 Å². The third-order valence-corrected chi connectivity index (χ3v) is 2.12. The summed E-state index contributed by atoms with van der Waals surface area (Å²) in [6, 6.07) is 0. The molecular weight excluding hydrogens is 146 g/mol. The molecule has 0 aliphatic heterocycles. The summed E-state index contributed by atoms with van der Waals surface area (Å²) in [5.74, 6) is 0.795. The molecule has 0 atom stereocenters. The van der Waals surface area contributed by atoms with E-state index in [1.54, 1.807) is 30.8 Å². The first kappa shape index (κ1) is 9.82. The van der Waals surface area contributed by atoms with Crippen LogP contribution in [0, 0.1) is 0 Å². The van der Waals surface area contributed by atoms with Gasteiger partial charge in [-0.1, -0.05) is 13.8 Å². The van der Waals surface area contributed by atoms with Crippen molar-refractivity contribution < 1.29 is 4.79 Å². The Kier molecular flexibility index (Phi) is 4.52. The van der Waals surface area contributed by atoms with E-state index in [2.05, 4.69) is 13.8 Å². The maximum atomic E-state index is 11.0. The van der Waals surface area contributed by atoms with Crippen LogP contribution in [0.5, 0.6) is 0 Å². The first-order chi connectivity index (χ1) is 4.54. The number of carbonyl (C=O) groups excluding carboxylic acids is 1. The van der Waals surface area contributed by atoms with Gasteiger partial charge in [-0.3, -0.25) is 4.79 Å². The van der Waals surface area contributed by atoms with Gasteiger partial charge in [-0.25, -0.2) is 0 Å². The van der Waals surface area contributed by atoms with Crippen LogP contribution in [0.4, 0.5) is 0 Å². The lowest BCUT2D eigenvalue weighted by Crippen LogP contribution is -2.24. The molecule has 1 amide bonds. The normalized spacial score (nSPS) is 10.1. The Bertz CT molecular complexity index is 112. The molecule has 0 aromatic heterocycles. The van der Waals surface area contributed by atoms with Crippen molar-refractivity contribution in [2.24, 2.45) is 0 Å². The maximum Gasteiger partial charge on any atom is 0.232 e. The predicted molar refractivity (Wildman–Crippen MR) is 46.3 cm³/mol. The van der Waals surface area contributed by atoms with Gasteiger partial charge in [0, 0.05) is 14.1 Å². The highest BCUT2D eigenvalue weighted by molar-refractivity contribution is 8.00. The molecule has 0 unspecified atom stereocenters. The fourth-order valence-corrected chi connectivity index (χ4v) is 1.10. The van der Waals surface area contributed by atoms with Gasteiger partial charge in [0.25, 0.3) is 0 Å². The summed E-state index contributed by atoms with van der Waals surface area (Å²) in [4.78, 5) is 12.6. The standard InChI is InChI=1S/C7H15NOS/c1-6(2)10-5-7(9)8(3)4/h6H,5H2,1-4H3. The molecule has 0 radical (unpaired) electrons. The Hall–Kier alpha value is -0.180. The van der Waals surface area contributed by atoms with Crippen LogP contribution in [-0.2, 0) is 4.79 Å². The molecule has 3 heteroatoms. The summed E-state index contributed by atoms with van der Waals surface area (Å²) in [6.45, 7) is 4.18. The Balaban J connectivity index is 3.40. The zero-order chi connectivity index (χ0) is 8.15. The van der Waals surface area contributed by atoms with Crippen LogP contribution in [0.3, 0.4) is 0 Å². The van der Waals surface area contributed by atoms with Gasteiger partial charge >= 0.3 is 0 Å². The van der Waals surface area contributed by atoms with Gasteiger partial charge in [-0.15, -0.1) is 11.8 Å². The number of thioether (sulfide) groups is 1. The summed E-state index contributed by atoms with van der Waals surface area (Å²) < 4.78 is 0. The predicted octanol–water partition coefficient (Wildman–Crippen LogP) is 1.22. The van der Waals surface area contributed by atoms with Crippen LogP contribution >= 0.6 is 11.8 Å². The monoisotopic (exact) mass is 161 g/mol. The Morgan fingerprint density at radius 3 is 2.30 bits per heavy atom. The summed E-state index contributed by atoms with van der Waals surface area (Å²) in [5, 5.41) is 0.545. The van der Waals surface area contributed by atoms with Gasteiger partial charge in [0.15, 0.2) is 0 Å². The van der Waals surface area contributed by atoms with Gasteiger partial charge in [0.05, 0.1) is 5.75 Å². The van der Waals surface area contributed by atoms with Crippen LogP contribution in [0.1, 0.15) is 13.8 Å². The molecule has 0 saturated heterocycles. The largest absolute Gasteiger partial charge is 0.348 e. The highest BCUT2D eigenvalue weighted by atomic mass is 32.2. The Labute approximate surface area is 67.0 Å². The van der Waals surface area contributed by atoms with E-state index >= 15 is 0 Å². The van der Waals surface area contributed by atoms with E-state index in [1.807, 2.05) is 0 Å². The lowest BCUT2D eigenvalue weighted by atomic mass is 10.6. The Morgan fingerprint density at radius 1 is 1.50 bits per heavy atom. The summed E-state index contributed by atoms with van der Waals surface area (Å²) >= 11 is 1.68. The fourth-order valence-electron chi connectivity index (χ4n) is 0.367. The van der Waals surface area contributed by atoms with Crippen LogP contribution in [-0.4, -0.2) is 35.9 Å². The van der Waals surface area contributed by atoms with E-state index < -0.39 is 0 Å². The topological polar surface area (TPSA) is 20.3 Å². The number of carbonyl (C=O) groups is 1. The highest BCUT2D eigenvalue weighted by Crippen LogP contribution is 2.08. The van der Waals surface area contributed by atoms with Crippen LogP contribution in [0.15, 0.2) is 0 Å². The van der Waals surface area contributed by atoms with E-state index in [1.165, 1.54) is 0 Å². The second-order valence-corrected chi connectivity index (χ2v) is 4.21. The molecule has 0 aliphatic rings. The third kappa shape index (κ3) is 4.68. The molecule has 0 spiro atoms. The van der Waals surface area contributed by atoms with E-state index in [0.29, 0.717) is 11.0 Å². The second-order valence-electron chi connectivity index (χ2n) is 2.65. The minimum atomic E-state index is 0.193. The van der Waals surface area contributed by atoms with Gasteiger partial charge in [0.2, 0.25) is 5.91 Å². The van der Waals surface area contributed by atoms with Crippen molar-refractivity contribution in [1.29, 1.82) is 0 Å². The van der Waals surface area contributed by atoms with Crippen molar-refractivity contribution in [3.05, 3.63) is 0 Å². The molecule has 0 aromatic rings. The van der Waals surface area contributed by atoms with Crippen molar-refractivity contribution in [2.75, 3.05) is 19.8 Å². The van der Waals surface area contributed by atoms with E-state index in [0.717, 1.165) is 0 Å². The molecule has 60 valence electrons.